The molecule has 2 aromatic rings. The molecule has 0 aliphatic rings. The predicted octanol–water partition coefficient (Wildman–Crippen LogP) is 1.65. The second-order valence-electron chi connectivity index (χ2n) is 3.17. The summed E-state index contributed by atoms with van der Waals surface area (Å²) in [6.45, 7) is 2.48. The average molecular weight is 190 g/mol. The van der Waals surface area contributed by atoms with E-state index in [9.17, 15) is 4.79 Å². The van der Waals surface area contributed by atoms with Gasteiger partial charge < -0.3 is 9.09 Å². The minimum atomic E-state index is 0.606. The van der Waals surface area contributed by atoms with Gasteiger partial charge in [-0.1, -0.05) is 5.16 Å². The minimum Gasteiger partial charge on any atom is -0.359 e. The highest BCUT2D eigenvalue weighted by Gasteiger charge is 2.01. The molecule has 0 radical (unpaired) electrons. The first-order valence-corrected chi connectivity index (χ1v) is 4.31. The third-order valence-electron chi connectivity index (χ3n) is 1.92. The van der Waals surface area contributed by atoms with E-state index in [1.165, 1.54) is 0 Å². The molecule has 4 heteroatoms. The van der Waals surface area contributed by atoms with Crippen molar-refractivity contribution in [3.8, 4) is 0 Å². The highest BCUT2D eigenvalue weighted by molar-refractivity contribution is 5.74. The molecule has 0 saturated heterocycles. The maximum Gasteiger partial charge on any atom is 0.156 e. The van der Waals surface area contributed by atoms with E-state index in [1.807, 2.05) is 23.8 Å². The summed E-state index contributed by atoms with van der Waals surface area (Å²) < 4.78 is 6.93. The number of rotatable bonds is 3. The number of carbonyl (C=O) groups is 1. The van der Waals surface area contributed by atoms with Crippen molar-refractivity contribution >= 4 is 6.29 Å². The molecule has 0 aliphatic heterocycles. The zero-order valence-corrected chi connectivity index (χ0v) is 7.80. The first-order valence-electron chi connectivity index (χ1n) is 4.31. The van der Waals surface area contributed by atoms with E-state index in [-0.39, 0.29) is 0 Å². The van der Waals surface area contributed by atoms with Gasteiger partial charge >= 0.3 is 0 Å². The van der Waals surface area contributed by atoms with Crippen molar-refractivity contribution in [1.82, 2.24) is 9.72 Å². The van der Waals surface area contributed by atoms with Gasteiger partial charge in [0.1, 0.15) is 0 Å². The summed E-state index contributed by atoms with van der Waals surface area (Å²) in [7, 11) is 0. The predicted molar refractivity (Wildman–Crippen MR) is 50.2 cm³/mol. The maximum atomic E-state index is 10.4. The Kier molecular flexibility index (Phi) is 2.18. The fourth-order valence-corrected chi connectivity index (χ4v) is 1.30. The fourth-order valence-electron chi connectivity index (χ4n) is 1.30. The quantitative estimate of drug-likeness (QED) is 0.691. The normalized spacial score (nSPS) is 10.4. The first-order chi connectivity index (χ1) is 6.78. The van der Waals surface area contributed by atoms with Crippen LogP contribution in [0, 0.1) is 6.92 Å². The lowest BCUT2D eigenvalue weighted by Crippen LogP contribution is -1.94. The zero-order chi connectivity index (χ0) is 9.97. The molecule has 2 rings (SSSR count). The number of aromatic nitrogens is 2. The van der Waals surface area contributed by atoms with Crippen molar-refractivity contribution in [1.29, 1.82) is 0 Å². The molecule has 0 fully saturated rings. The van der Waals surface area contributed by atoms with E-state index in [1.54, 1.807) is 12.3 Å². The van der Waals surface area contributed by atoms with Crippen LogP contribution in [0.15, 0.2) is 29.0 Å². The Balaban J connectivity index is 2.14. The van der Waals surface area contributed by atoms with Gasteiger partial charge in [-0.25, -0.2) is 0 Å². The van der Waals surface area contributed by atoms with Crippen LogP contribution in [0.5, 0.6) is 0 Å². The summed E-state index contributed by atoms with van der Waals surface area (Å²) in [5.41, 5.74) is 1.53. The minimum absolute atomic E-state index is 0.606. The number of aldehydes is 1. The van der Waals surface area contributed by atoms with Crippen molar-refractivity contribution in [2.45, 2.75) is 13.5 Å². The third kappa shape index (κ3) is 1.74. The molecular formula is C10H10N2O2. The molecule has 0 bridgehead atoms. The fraction of sp³-hybridized carbons (Fsp3) is 0.200. The smallest absolute Gasteiger partial charge is 0.156 e. The second-order valence-corrected chi connectivity index (χ2v) is 3.17. The highest BCUT2D eigenvalue weighted by Crippen LogP contribution is 2.06. The molecule has 0 unspecified atom stereocenters. The maximum absolute atomic E-state index is 10.4. The zero-order valence-electron chi connectivity index (χ0n) is 7.80. The second kappa shape index (κ2) is 3.49. The van der Waals surface area contributed by atoms with Gasteiger partial charge in [0.25, 0.3) is 0 Å². The Labute approximate surface area is 81.1 Å². The van der Waals surface area contributed by atoms with E-state index in [0.717, 1.165) is 17.7 Å². The van der Waals surface area contributed by atoms with E-state index >= 15 is 0 Å². The van der Waals surface area contributed by atoms with Gasteiger partial charge in [0, 0.05) is 24.0 Å². The molecule has 2 aromatic heterocycles. The van der Waals surface area contributed by atoms with Gasteiger partial charge in [-0.2, -0.15) is 0 Å². The van der Waals surface area contributed by atoms with Crippen LogP contribution in [-0.2, 0) is 6.54 Å². The summed E-state index contributed by atoms with van der Waals surface area (Å²) in [6.07, 6.45) is 4.43. The van der Waals surface area contributed by atoms with Crippen LogP contribution < -0.4 is 0 Å². The molecule has 4 nitrogen and oxygen atoms in total. The van der Waals surface area contributed by atoms with E-state index in [0.29, 0.717) is 12.1 Å². The van der Waals surface area contributed by atoms with Crippen LogP contribution in [-0.4, -0.2) is 16.0 Å². The van der Waals surface area contributed by atoms with Crippen molar-refractivity contribution in [2.24, 2.45) is 0 Å². The lowest BCUT2D eigenvalue weighted by molar-refractivity contribution is 0.112. The molecule has 72 valence electrons. The standard InChI is InChI=1S/C10H10N2O2/c1-8-4-10(14-11-8)6-12-3-2-9(5-12)7-13/h2-5,7H,6H2,1H3. The molecule has 0 aromatic carbocycles. The van der Waals surface area contributed by atoms with Crippen LogP contribution in [0.25, 0.3) is 0 Å². The largest absolute Gasteiger partial charge is 0.359 e. The summed E-state index contributed by atoms with van der Waals surface area (Å²) in [5, 5.41) is 3.78. The van der Waals surface area contributed by atoms with Crippen LogP contribution in [0.2, 0.25) is 0 Å². The Hall–Kier alpha value is -1.84. The molecule has 0 atom stereocenters. The van der Waals surface area contributed by atoms with Gasteiger partial charge in [-0.15, -0.1) is 0 Å². The lowest BCUT2D eigenvalue weighted by Gasteiger charge is -1.96. The van der Waals surface area contributed by atoms with Gasteiger partial charge in [0.05, 0.1) is 12.2 Å². The first kappa shape index (κ1) is 8.74. The average Bonchev–Trinajstić information content (AvgIpc) is 2.76. The molecule has 14 heavy (non-hydrogen) atoms. The molecule has 0 N–H and O–H groups in total. The summed E-state index contributed by atoms with van der Waals surface area (Å²) in [6, 6.07) is 3.64. The van der Waals surface area contributed by atoms with E-state index in [2.05, 4.69) is 5.16 Å². The summed E-state index contributed by atoms with van der Waals surface area (Å²) >= 11 is 0. The van der Waals surface area contributed by atoms with Crippen molar-refractivity contribution in [3.05, 3.63) is 41.5 Å². The topological polar surface area (TPSA) is 48.0 Å². The third-order valence-corrected chi connectivity index (χ3v) is 1.92. The summed E-state index contributed by atoms with van der Waals surface area (Å²) in [5.74, 6) is 0.788. The SMILES string of the molecule is Cc1cc(Cn2ccc(C=O)c2)on1. The highest BCUT2D eigenvalue weighted by atomic mass is 16.5. The van der Waals surface area contributed by atoms with Crippen LogP contribution in [0.1, 0.15) is 21.8 Å². The molecule has 0 amide bonds. The lowest BCUT2D eigenvalue weighted by atomic mass is 10.4. The van der Waals surface area contributed by atoms with Gasteiger partial charge in [-0.3, -0.25) is 4.79 Å². The number of hydrogen-bond acceptors (Lipinski definition) is 3. The van der Waals surface area contributed by atoms with Gasteiger partial charge in [-0.05, 0) is 13.0 Å². The molecule has 0 spiro atoms. The Morgan fingerprint density at radius 2 is 2.50 bits per heavy atom. The van der Waals surface area contributed by atoms with Gasteiger partial charge in [0.2, 0.25) is 0 Å². The van der Waals surface area contributed by atoms with Crippen molar-refractivity contribution < 1.29 is 9.32 Å². The number of hydrogen-bond donors (Lipinski definition) is 0. The molecule has 2 heterocycles. The number of aryl methyl sites for hydroxylation is 1. The molecule has 0 saturated carbocycles. The Morgan fingerprint density at radius 1 is 1.64 bits per heavy atom. The summed E-state index contributed by atoms with van der Waals surface area (Å²) in [4.78, 5) is 10.4. The Bertz CT molecular complexity index is 442. The van der Waals surface area contributed by atoms with Gasteiger partial charge in [0.15, 0.2) is 12.0 Å². The molecular weight excluding hydrogens is 180 g/mol. The Morgan fingerprint density at radius 3 is 3.07 bits per heavy atom. The monoisotopic (exact) mass is 190 g/mol. The van der Waals surface area contributed by atoms with Crippen LogP contribution in [0.4, 0.5) is 0 Å². The number of carbonyl (C=O) groups excluding carboxylic acids is 1. The molecule has 0 aliphatic carbocycles. The van der Waals surface area contributed by atoms with Crippen molar-refractivity contribution in [3.63, 3.8) is 0 Å². The van der Waals surface area contributed by atoms with E-state index in [4.69, 9.17) is 4.52 Å². The van der Waals surface area contributed by atoms with Crippen LogP contribution in [0.3, 0.4) is 0 Å². The van der Waals surface area contributed by atoms with E-state index < -0.39 is 0 Å². The number of nitrogens with zero attached hydrogens (tertiary/aromatic N) is 2. The van der Waals surface area contributed by atoms with Crippen molar-refractivity contribution in [2.75, 3.05) is 0 Å². The van der Waals surface area contributed by atoms with Crippen LogP contribution >= 0.6 is 0 Å².